The van der Waals surface area contributed by atoms with Crippen LogP contribution in [0.1, 0.15) is 77.0 Å². The zero-order valence-corrected chi connectivity index (χ0v) is 10.8. The lowest BCUT2D eigenvalue weighted by Crippen LogP contribution is -2.29. The molecule has 0 unspecified atom stereocenters. The van der Waals surface area contributed by atoms with Gasteiger partial charge in [0.25, 0.3) is 0 Å². The van der Waals surface area contributed by atoms with E-state index < -0.39 is 0 Å². The predicted molar refractivity (Wildman–Crippen MR) is 70.7 cm³/mol. The van der Waals surface area contributed by atoms with Gasteiger partial charge in [-0.15, -0.1) is 0 Å². The molecule has 2 aliphatic rings. The second kappa shape index (κ2) is 7.32. The van der Waals surface area contributed by atoms with Gasteiger partial charge in [0.2, 0.25) is 0 Å². The third-order valence-corrected chi connectivity index (χ3v) is 4.55. The predicted octanol–water partition coefficient (Wildman–Crippen LogP) is 4.27. The Kier molecular flexibility index (Phi) is 5.68. The van der Waals surface area contributed by atoms with Gasteiger partial charge >= 0.3 is 0 Å². The van der Waals surface area contributed by atoms with E-state index in [2.05, 4.69) is 5.32 Å². The number of hydrogen-bond acceptors (Lipinski definition) is 1. The summed E-state index contributed by atoms with van der Waals surface area (Å²) in [4.78, 5) is 0. The average Bonchev–Trinajstić information content (AvgIpc) is 2.68. The number of nitrogens with one attached hydrogen (secondary N) is 1. The zero-order chi connectivity index (χ0) is 11.1. The van der Waals surface area contributed by atoms with Crippen molar-refractivity contribution in [2.24, 2.45) is 5.92 Å². The van der Waals surface area contributed by atoms with Crippen LogP contribution in [0.15, 0.2) is 0 Å². The van der Waals surface area contributed by atoms with E-state index in [0.717, 1.165) is 12.0 Å². The van der Waals surface area contributed by atoms with Gasteiger partial charge in [0.15, 0.2) is 0 Å². The van der Waals surface area contributed by atoms with Crippen LogP contribution in [0, 0.1) is 5.92 Å². The molecule has 0 amide bonds. The maximum Gasteiger partial charge on any atom is 0.00670 e. The lowest BCUT2D eigenvalue weighted by molar-refractivity contribution is 0.422. The first-order valence-corrected chi connectivity index (χ1v) is 7.68. The first kappa shape index (κ1) is 12.4. The van der Waals surface area contributed by atoms with Crippen LogP contribution in [0.2, 0.25) is 0 Å². The summed E-state index contributed by atoms with van der Waals surface area (Å²) >= 11 is 0. The van der Waals surface area contributed by atoms with E-state index in [9.17, 15) is 0 Å². The molecule has 0 atom stereocenters. The van der Waals surface area contributed by atoms with Crippen molar-refractivity contribution >= 4 is 0 Å². The molecule has 0 aromatic rings. The minimum absolute atomic E-state index is 0.853. The fourth-order valence-electron chi connectivity index (χ4n) is 3.48. The second-order valence-electron chi connectivity index (χ2n) is 5.94. The number of hydrogen-bond donors (Lipinski definition) is 1. The summed E-state index contributed by atoms with van der Waals surface area (Å²) in [6.45, 7) is 1.28. The van der Waals surface area contributed by atoms with E-state index in [4.69, 9.17) is 0 Å². The molecule has 0 heterocycles. The van der Waals surface area contributed by atoms with Crippen LogP contribution in [0.3, 0.4) is 0 Å². The summed E-state index contributed by atoms with van der Waals surface area (Å²) < 4.78 is 0. The van der Waals surface area contributed by atoms with Crippen molar-refractivity contribution in [3.63, 3.8) is 0 Å². The Labute approximate surface area is 101 Å². The van der Waals surface area contributed by atoms with Gasteiger partial charge in [-0.3, -0.25) is 0 Å². The molecule has 2 rings (SSSR count). The Bertz CT molecular complexity index is 164. The topological polar surface area (TPSA) is 12.0 Å². The Morgan fingerprint density at radius 3 is 2.06 bits per heavy atom. The van der Waals surface area contributed by atoms with E-state index in [1.165, 1.54) is 83.6 Å². The normalized spacial score (nSPS) is 24.8. The molecule has 0 aliphatic heterocycles. The van der Waals surface area contributed by atoms with Crippen LogP contribution >= 0.6 is 0 Å². The first-order valence-electron chi connectivity index (χ1n) is 7.68. The molecule has 1 N–H and O–H groups in total. The summed E-state index contributed by atoms with van der Waals surface area (Å²) in [6, 6.07) is 0.853. The first-order chi connectivity index (χ1) is 7.95. The van der Waals surface area contributed by atoms with Crippen molar-refractivity contribution in [3.05, 3.63) is 0 Å². The highest BCUT2D eigenvalue weighted by molar-refractivity contribution is 4.72. The van der Waals surface area contributed by atoms with Gasteiger partial charge < -0.3 is 5.32 Å². The largest absolute Gasteiger partial charge is 0.314 e. The van der Waals surface area contributed by atoms with Crippen molar-refractivity contribution in [2.75, 3.05) is 6.54 Å². The van der Waals surface area contributed by atoms with Crippen molar-refractivity contribution in [1.82, 2.24) is 5.32 Å². The molecule has 2 aliphatic carbocycles. The highest BCUT2D eigenvalue weighted by atomic mass is 14.9. The summed E-state index contributed by atoms with van der Waals surface area (Å²) in [7, 11) is 0. The van der Waals surface area contributed by atoms with Crippen molar-refractivity contribution < 1.29 is 0 Å². The highest BCUT2D eigenvalue weighted by Gasteiger charge is 2.15. The SMILES string of the molecule is C1CCCC(NCCCC2CCCC2)CC1. The quantitative estimate of drug-likeness (QED) is 0.542. The molecule has 1 heteroatoms. The van der Waals surface area contributed by atoms with Crippen molar-refractivity contribution in [1.29, 1.82) is 0 Å². The van der Waals surface area contributed by atoms with Crippen LogP contribution < -0.4 is 5.32 Å². The van der Waals surface area contributed by atoms with Crippen molar-refractivity contribution in [3.8, 4) is 0 Å². The fraction of sp³-hybridized carbons (Fsp3) is 1.00. The van der Waals surface area contributed by atoms with E-state index in [-0.39, 0.29) is 0 Å². The molecule has 0 spiro atoms. The van der Waals surface area contributed by atoms with E-state index in [1.807, 2.05) is 0 Å². The molecule has 0 bridgehead atoms. The van der Waals surface area contributed by atoms with Gasteiger partial charge in [0.1, 0.15) is 0 Å². The van der Waals surface area contributed by atoms with Crippen molar-refractivity contribution in [2.45, 2.75) is 83.1 Å². The summed E-state index contributed by atoms with van der Waals surface area (Å²) in [5.41, 5.74) is 0. The Balaban J connectivity index is 1.49. The Hall–Kier alpha value is -0.0400. The minimum atomic E-state index is 0.853. The summed E-state index contributed by atoms with van der Waals surface area (Å²) in [6.07, 6.45) is 17.7. The molecule has 0 saturated heterocycles. The minimum Gasteiger partial charge on any atom is -0.314 e. The van der Waals surface area contributed by atoms with Crippen LogP contribution in [-0.2, 0) is 0 Å². The van der Waals surface area contributed by atoms with Crippen LogP contribution in [0.4, 0.5) is 0 Å². The van der Waals surface area contributed by atoms with E-state index in [1.54, 1.807) is 0 Å². The Morgan fingerprint density at radius 1 is 0.750 bits per heavy atom. The monoisotopic (exact) mass is 223 g/mol. The van der Waals surface area contributed by atoms with Gasteiger partial charge in [0.05, 0.1) is 0 Å². The van der Waals surface area contributed by atoms with Gasteiger partial charge in [-0.25, -0.2) is 0 Å². The fourth-order valence-corrected chi connectivity index (χ4v) is 3.48. The van der Waals surface area contributed by atoms with Gasteiger partial charge in [-0.2, -0.15) is 0 Å². The lowest BCUT2D eigenvalue weighted by Gasteiger charge is -2.16. The maximum absolute atomic E-state index is 3.79. The second-order valence-corrected chi connectivity index (χ2v) is 5.94. The van der Waals surface area contributed by atoms with Crippen LogP contribution in [0.25, 0.3) is 0 Å². The maximum atomic E-state index is 3.79. The van der Waals surface area contributed by atoms with Gasteiger partial charge in [-0.05, 0) is 38.1 Å². The molecule has 2 saturated carbocycles. The molecule has 16 heavy (non-hydrogen) atoms. The van der Waals surface area contributed by atoms with Gasteiger partial charge in [0, 0.05) is 6.04 Å². The Morgan fingerprint density at radius 2 is 1.38 bits per heavy atom. The molecule has 0 radical (unpaired) electrons. The summed E-state index contributed by atoms with van der Waals surface area (Å²) in [5, 5.41) is 3.79. The van der Waals surface area contributed by atoms with E-state index >= 15 is 0 Å². The average molecular weight is 223 g/mol. The third-order valence-electron chi connectivity index (χ3n) is 4.55. The smallest absolute Gasteiger partial charge is 0.00670 e. The van der Waals surface area contributed by atoms with Crippen LogP contribution in [-0.4, -0.2) is 12.6 Å². The molecule has 0 aromatic heterocycles. The third kappa shape index (κ3) is 4.45. The number of rotatable bonds is 5. The molecular weight excluding hydrogens is 194 g/mol. The molecule has 0 aromatic carbocycles. The lowest BCUT2D eigenvalue weighted by atomic mass is 10.0. The molecule has 1 nitrogen and oxygen atoms in total. The van der Waals surface area contributed by atoms with E-state index in [0.29, 0.717) is 0 Å². The van der Waals surface area contributed by atoms with Crippen LogP contribution in [0.5, 0.6) is 0 Å². The van der Waals surface area contributed by atoms with Gasteiger partial charge in [-0.1, -0.05) is 51.4 Å². The molecule has 94 valence electrons. The summed E-state index contributed by atoms with van der Waals surface area (Å²) in [5.74, 6) is 1.08. The molecule has 2 fully saturated rings. The highest BCUT2D eigenvalue weighted by Crippen LogP contribution is 2.28. The standard InChI is InChI=1S/C15H29N/c1-2-4-12-15(11-3-1)16-13-7-10-14-8-5-6-9-14/h14-16H,1-13H2. The molecular formula is C15H29N. The zero-order valence-electron chi connectivity index (χ0n) is 10.8.